The molecular weight excluding hydrogens is 191 g/mol. The van der Waals surface area contributed by atoms with Crippen LogP contribution in [0.25, 0.3) is 0 Å². The summed E-state index contributed by atoms with van der Waals surface area (Å²) in [6.45, 7) is 6.04. The smallest absolute Gasteiger partial charge is 0.0406 e. The van der Waals surface area contributed by atoms with E-state index in [0.717, 1.165) is 5.02 Å². The molecule has 0 bridgehead atoms. The molecule has 12 heavy (non-hydrogen) atoms. The van der Waals surface area contributed by atoms with Gasteiger partial charge in [-0.1, -0.05) is 43.1 Å². The van der Waals surface area contributed by atoms with E-state index in [9.17, 15) is 0 Å². The third kappa shape index (κ3) is 7.90. The number of aryl methyl sites for hydroxylation is 1. The van der Waals surface area contributed by atoms with Crippen LogP contribution >= 0.6 is 23.2 Å². The predicted molar refractivity (Wildman–Crippen MR) is 59.3 cm³/mol. The molecule has 0 aromatic heterocycles. The third-order valence-corrected chi connectivity index (χ3v) is 1.26. The van der Waals surface area contributed by atoms with Gasteiger partial charge in [-0.2, -0.15) is 0 Å². The summed E-state index contributed by atoms with van der Waals surface area (Å²) in [5.74, 6) is 0. The summed E-state index contributed by atoms with van der Waals surface area (Å²) in [5.41, 5.74) is 1.24. The van der Waals surface area contributed by atoms with Crippen molar-refractivity contribution < 1.29 is 0 Å². The van der Waals surface area contributed by atoms with Gasteiger partial charge in [0.25, 0.3) is 0 Å². The average Bonchev–Trinajstić information content (AvgIpc) is 2.17. The van der Waals surface area contributed by atoms with E-state index in [0.29, 0.717) is 0 Å². The highest BCUT2D eigenvalue weighted by molar-refractivity contribution is 6.30. The summed E-state index contributed by atoms with van der Waals surface area (Å²) in [6.07, 6.45) is 1.47. The number of halogens is 2. The van der Waals surface area contributed by atoms with Gasteiger partial charge in [0.05, 0.1) is 0 Å². The van der Waals surface area contributed by atoms with E-state index in [1.807, 2.05) is 45.0 Å². The number of benzene rings is 1. The summed E-state index contributed by atoms with van der Waals surface area (Å²) in [7, 11) is 0. The highest BCUT2D eigenvalue weighted by Crippen LogP contribution is 2.07. The molecule has 1 aromatic rings. The first-order chi connectivity index (χ1) is 5.79. The van der Waals surface area contributed by atoms with E-state index in [2.05, 4.69) is 11.6 Å². The Kier molecular flexibility index (Phi) is 12.9. The maximum Gasteiger partial charge on any atom is 0.0406 e. The Hall–Kier alpha value is -0.200. The van der Waals surface area contributed by atoms with Crippen LogP contribution in [0.3, 0.4) is 0 Å². The molecule has 0 aliphatic carbocycles. The molecular formula is C10H16Cl2. The summed E-state index contributed by atoms with van der Waals surface area (Å²) in [6, 6.07) is 7.75. The quantitative estimate of drug-likeness (QED) is 0.548. The van der Waals surface area contributed by atoms with Crippen LogP contribution in [0, 0.1) is 6.92 Å². The normalized spacial score (nSPS) is 7.17. The molecule has 0 saturated carbocycles. The van der Waals surface area contributed by atoms with E-state index < -0.39 is 0 Å². The molecule has 0 atom stereocenters. The first-order valence-corrected chi connectivity index (χ1v) is 5.02. The van der Waals surface area contributed by atoms with Gasteiger partial charge in [-0.05, 0) is 19.1 Å². The fourth-order valence-electron chi connectivity index (χ4n) is 0.533. The van der Waals surface area contributed by atoms with E-state index in [1.54, 1.807) is 0 Å². The van der Waals surface area contributed by atoms with Gasteiger partial charge in [-0.15, -0.1) is 11.6 Å². The number of alkyl halides is 1. The summed E-state index contributed by atoms with van der Waals surface area (Å²) < 4.78 is 0. The van der Waals surface area contributed by atoms with Crippen molar-refractivity contribution in [3.8, 4) is 0 Å². The van der Waals surface area contributed by atoms with Gasteiger partial charge in [0.1, 0.15) is 0 Å². The lowest BCUT2D eigenvalue weighted by Crippen LogP contribution is -1.66. The van der Waals surface area contributed by atoms with Crippen molar-refractivity contribution in [1.82, 2.24) is 0 Å². The van der Waals surface area contributed by atoms with Gasteiger partial charge in [0.15, 0.2) is 0 Å². The second-order valence-corrected chi connectivity index (χ2v) is 2.23. The van der Waals surface area contributed by atoms with Gasteiger partial charge in [-0.3, -0.25) is 0 Å². The molecule has 0 radical (unpaired) electrons. The Morgan fingerprint density at radius 1 is 0.917 bits per heavy atom. The van der Waals surface area contributed by atoms with Crippen LogP contribution in [0.15, 0.2) is 24.3 Å². The second kappa shape index (κ2) is 10.8. The molecule has 2 heteroatoms. The Morgan fingerprint density at radius 3 is 1.50 bits per heavy atom. The van der Waals surface area contributed by atoms with Gasteiger partial charge >= 0.3 is 0 Å². The second-order valence-electron chi connectivity index (χ2n) is 1.80. The summed E-state index contributed by atoms with van der Waals surface area (Å²) in [5, 5.41) is 0.801. The van der Waals surface area contributed by atoms with Crippen LogP contribution in [0.5, 0.6) is 0 Å². The molecule has 1 rings (SSSR count). The first kappa shape index (κ1) is 14.3. The zero-order valence-electron chi connectivity index (χ0n) is 8.07. The molecule has 0 aliphatic heterocycles. The van der Waals surface area contributed by atoms with Gasteiger partial charge in [0, 0.05) is 11.4 Å². The minimum atomic E-state index is 0.801. The van der Waals surface area contributed by atoms with Crippen molar-refractivity contribution in [3.05, 3.63) is 34.9 Å². The lowest BCUT2D eigenvalue weighted by Gasteiger charge is -1.88. The Labute approximate surface area is 85.5 Å². The van der Waals surface area contributed by atoms with Gasteiger partial charge in [0.2, 0.25) is 0 Å². The van der Waals surface area contributed by atoms with Crippen LogP contribution < -0.4 is 0 Å². The third-order valence-electron chi connectivity index (χ3n) is 1.01. The molecule has 0 nitrogen and oxygen atoms in total. The molecule has 70 valence electrons. The van der Waals surface area contributed by atoms with Crippen LogP contribution in [0.1, 0.15) is 19.4 Å². The van der Waals surface area contributed by atoms with E-state index in [1.165, 1.54) is 11.9 Å². The van der Waals surface area contributed by atoms with Crippen molar-refractivity contribution in [2.45, 2.75) is 20.8 Å². The molecule has 0 N–H and O–H groups in total. The van der Waals surface area contributed by atoms with Gasteiger partial charge < -0.3 is 0 Å². The lowest BCUT2D eigenvalue weighted by molar-refractivity contribution is 1.48. The van der Waals surface area contributed by atoms with E-state index in [-0.39, 0.29) is 0 Å². The SMILES string of the molecule is CC.CCl.Cc1ccc(Cl)cc1. The number of rotatable bonds is 0. The zero-order chi connectivity index (χ0) is 9.98. The Bertz CT molecular complexity index is 147. The number of hydrogen-bond donors (Lipinski definition) is 0. The fourth-order valence-corrected chi connectivity index (χ4v) is 0.659. The molecule has 0 heterocycles. The van der Waals surface area contributed by atoms with Crippen molar-refractivity contribution in [2.24, 2.45) is 0 Å². The number of hydrogen-bond acceptors (Lipinski definition) is 0. The van der Waals surface area contributed by atoms with Crippen LogP contribution in [0.2, 0.25) is 5.02 Å². The van der Waals surface area contributed by atoms with Crippen LogP contribution in [0.4, 0.5) is 0 Å². The zero-order valence-corrected chi connectivity index (χ0v) is 9.58. The van der Waals surface area contributed by atoms with Crippen molar-refractivity contribution in [2.75, 3.05) is 6.38 Å². The van der Waals surface area contributed by atoms with Crippen LogP contribution in [-0.4, -0.2) is 6.38 Å². The maximum absolute atomic E-state index is 5.61. The van der Waals surface area contributed by atoms with Crippen molar-refractivity contribution in [3.63, 3.8) is 0 Å². The molecule has 1 aromatic carbocycles. The molecule has 0 spiro atoms. The summed E-state index contributed by atoms with van der Waals surface area (Å²) in [4.78, 5) is 0. The summed E-state index contributed by atoms with van der Waals surface area (Å²) >= 11 is 10.3. The van der Waals surface area contributed by atoms with Crippen molar-refractivity contribution in [1.29, 1.82) is 0 Å². The average molecular weight is 207 g/mol. The van der Waals surface area contributed by atoms with Crippen LogP contribution in [-0.2, 0) is 0 Å². The van der Waals surface area contributed by atoms with E-state index >= 15 is 0 Å². The molecule has 0 aliphatic rings. The van der Waals surface area contributed by atoms with Gasteiger partial charge in [-0.25, -0.2) is 0 Å². The van der Waals surface area contributed by atoms with E-state index in [4.69, 9.17) is 11.6 Å². The van der Waals surface area contributed by atoms with Crippen molar-refractivity contribution >= 4 is 23.2 Å². The lowest BCUT2D eigenvalue weighted by atomic mass is 10.2. The highest BCUT2D eigenvalue weighted by Gasteiger charge is 1.81. The topological polar surface area (TPSA) is 0 Å². The molecule has 0 fully saturated rings. The Morgan fingerprint density at radius 2 is 1.25 bits per heavy atom. The maximum atomic E-state index is 5.61. The first-order valence-electron chi connectivity index (χ1n) is 3.89. The molecule has 0 unspecified atom stereocenters. The largest absolute Gasteiger partial charge is 0.130 e. The minimum Gasteiger partial charge on any atom is -0.130 e. The molecule has 0 amide bonds. The predicted octanol–water partition coefficient (Wildman–Crippen LogP) is 4.53. The highest BCUT2D eigenvalue weighted by atomic mass is 35.5. The minimum absolute atomic E-state index is 0.801. The Balaban J connectivity index is 0. The fraction of sp³-hybridized carbons (Fsp3) is 0.400. The molecule has 0 saturated heterocycles. The monoisotopic (exact) mass is 206 g/mol. The standard InChI is InChI=1S/C7H7Cl.C2H6.CH3Cl/c1-6-2-4-7(8)5-3-6;2*1-2/h2-5H,1H3;1-2H3;1H3.